The lowest BCUT2D eigenvalue weighted by atomic mass is 10.2. The average Bonchev–Trinajstić information content (AvgIpc) is 2.91. The highest BCUT2D eigenvalue weighted by atomic mass is 16.2. The molecule has 1 atom stereocenters. The summed E-state index contributed by atoms with van der Waals surface area (Å²) in [7, 11) is 0. The van der Waals surface area contributed by atoms with Crippen LogP contribution in [0, 0.1) is 0 Å². The number of fused-ring (bicyclic) bond motifs is 1. The van der Waals surface area contributed by atoms with Gasteiger partial charge in [0, 0.05) is 32.4 Å². The monoisotopic (exact) mass is 313 g/mol. The van der Waals surface area contributed by atoms with Crippen molar-refractivity contribution < 1.29 is 9.59 Å². The summed E-state index contributed by atoms with van der Waals surface area (Å²) in [5.41, 5.74) is 1.37. The van der Waals surface area contributed by atoms with E-state index in [4.69, 9.17) is 0 Å². The number of amides is 2. The van der Waals surface area contributed by atoms with Gasteiger partial charge in [-0.2, -0.15) is 0 Å². The van der Waals surface area contributed by atoms with Gasteiger partial charge in [-0.1, -0.05) is 0 Å². The Kier molecular flexibility index (Phi) is 4.10. The van der Waals surface area contributed by atoms with Gasteiger partial charge >= 0.3 is 0 Å². The maximum Gasteiger partial charge on any atom is 0.230 e. The Morgan fingerprint density at radius 2 is 2.22 bits per heavy atom. The van der Waals surface area contributed by atoms with Crippen molar-refractivity contribution in [3.63, 3.8) is 0 Å². The SMILES string of the molecule is CC(=O)N1CCn2cc(CC(=O)Nc3cccnc3)nc2[C@@H]1C. The Bertz CT molecular complexity index is 725. The van der Waals surface area contributed by atoms with Crippen LogP contribution in [0.1, 0.15) is 31.4 Å². The van der Waals surface area contributed by atoms with Crippen LogP contribution in [-0.4, -0.2) is 37.8 Å². The number of anilines is 1. The van der Waals surface area contributed by atoms with Gasteiger partial charge in [0.25, 0.3) is 0 Å². The van der Waals surface area contributed by atoms with E-state index in [1.54, 1.807) is 36.4 Å². The highest BCUT2D eigenvalue weighted by molar-refractivity contribution is 5.91. The van der Waals surface area contributed by atoms with Crippen LogP contribution in [0.5, 0.6) is 0 Å². The van der Waals surface area contributed by atoms with Crippen molar-refractivity contribution in [2.75, 3.05) is 11.9 Å². The summed E-state index contributed by atoms with van der Waals surface area (Å²) in [6, 6.07) is 3.48. The van der Waals surface area contributed by atoms with E-state index in [-0.39, 0.29) is 24.3 Å². The lowest BCUT2D eigenvalue weighted by molar-refractivity contribution is -0.132. The Balaban J connectivity index is 1.70. The Morgan fingerprint density at radius 1 is 1.39 bits per heavy atom. The fraction of sp³-hybridized carbons (Fsp3) is 0.375. The molecule has 0 spiro atoms. The molecule has 2 amide bonds. The van der Waals surface area contributed by atoms with Crippen molar-refractivity contribution in [3.05, 3.63) is 42.2 Å². The summed E-state index contributed by atoms with van der Waals surface area (Å²) in [5, 5.41) is 2.79. The van der Waals surface area contributed by atoms with E-state index in [9.17, 15) is 9.59 Å². The van der Waals surface area contributed by atoms with Crippen LogP contribution in [0.4, 0.5) is 5.69 Å². The predicted molar refractivity (Wildman–Crippen MR) is 84.6 cm³/mol. The molecule has 7 heteroatoms. The molecule has 1 N–H and O–H groups in total. The third-order valence-corrected chi connectivity index (χ3v) is 3.97. The van der Waals surface area contributed by atoms with Gasteiger partial charge in [-0.15, -0.1) is 0 Å². The standard InChI is InChI=1S/C16H19N5O2/c1-11-16-19-14(10-20(16)6-7-21(11)12(2)22)8-15(23)18-13-4-3-5-17-9-13/h3-5,9-11H,6-8H2,1-2H3,(H,18,23)/t11-/m0/s1. The summed E-state index contributed by atoms with van der Waals surface area (Å²) in [4.78, 5) is 34.0. The lowest BCUT2D eigenvalue weighted by Gasteiger charge is -2.32. The molecule has 0 aromatic carbocycles. The second kappa shape index (κ2) is 6.20. The van der Waals surface area contributed by atoms with Gasteiger partial charge in [-0.25, -0.2) is 4.98 Å². The van der Waals surface area contributed by atoms with Gasteiger partial charge in [0.15, 0.2) is 0 Å². The van der Waals surface area contributed by atoms with E-state index in [2.05, 4.69) is 15.3 Å². The number of carbonyl (C=O) groups is 2. The molecule has 3 rings (SSSR count). The van der Waals surface area contributed by atoms with Gasteiger partial charge in [-0.05, 0) is 19.1 Å². The summed E-state index contributed by atoms with van der Waals surface area (Å²) in [6.45, 7) is 4.90. The minimum Gasteiger partial charge on any atom is -0.331 e. The fourth-order valence-electron chi connectivity index (χ4n) is 2.87. The van der Waals surface area contributed by atoms with E-state index in [0.29, 0.717) is 24.5 Å². The maximum atomic E-state index is 12.1. The van der Waals surface area contributed by atoms with E-state index in [1.165, 1.54) is 0 Å². The second-order valence-corrected chi connectivity index (χ2v) is 5.64. The number of hydrogen-bond acceptors (Lipinski definition) is 4. The molecule has 3 heterocycles. The van der Waals surface area contributed by atoms with Crippen LogP contribution in [0.15, 0.2) is 30.7 Å². The molecule has 0 unspecified atom stereocenters. The number of pyridine rings is 1. The summed E-state index contributed by atoms with van der Waals surface area (Å²) in [6.07, 6.45) is 5.35. The van der Waals surface area contributed by atoms with E-state index in [0.717, 1.165) is 5.82 Å². The molecule has 1 aliphatic heterocycles. The zero-order valence-electron chi connectivity index (χ0n) is 13.2. The van der Waals surface area contributed by atoms with Crippen LogP contribution < -0.4 is 5.32 Å². The van der Waals surface area contributed by atoms with Gasteiger partial charge < -0.3 is 14.8 Å². The van der Waals surface area contributed by atoms with Crippen molar-refractivity contribution in [1.29, 1.82) is 0 Å². The highest BCUT2D eigenvalue weighted by Crippen LogP contribution is 2.24. The zero-order chi connectivity index (χ0) is 16.4. The van der Waals surface area contributed by atoms with E-state index < -0.39 is 0 Å². The quantitative estimate of drug-likeness (QED) is 0.928. The molecule has 23 heavy (non-hydrogen) atoms. The number of rotatable bonds is 3. The topological polar surface area (TPSA) is 80.1 Å². The normalized spacial score (nSPS) is 16.8. The Hall–Kier alpha value is -2.70. The largest absolute Gasteiger partial charge is 0.331 e. The summed E-state index contributed by atoms with van der Waals surface area (Å²) >= 11 is 0. The van der Waals surface area contributed by atoms with Crippen LogP contribution in [0.25, 0.3) is 0 Å². The number of aromatic nitrogens is 3. The van der Waals surface area contributed by atoms with Gasteiger partial charge in [0.2, 0.25) is 11.8 Å². The first-order valence-corrected chi connectivity index (χ1v) is 7.57. The lowest BCUT2D eigenvalue weighted by Crippen LogP contribution is -2.39. The van der Waals surface area contributed by atoms with Crippen LogP contribution in [0.2, 0.25) is 0 Å². The van der Waals surface area contributed by atoms with Crippen molar-refractivity contribution in [2.45, 2.75) is 32.9 Å². The number of nitrogens with zero attached hydrogens (tertiary/aromatic N) is 4. The second-order valence-electron chi connectivity index (χ2n) is 5.64. The molecule has 0 saturated heterocycles. The van der Waals surface area contributed by atoms with Crippen LogP contribution in [0.3, 0.4) is 0 Å². The summed E-state index contributed by atoms with van der Waals surface area (Å²) in [5.74, 6) is 0.739. The first-order valence-electron chi connectivity index (χ1n) is 7.57. The molecule has 1 aliphatic rings. The number of nitrogens with one attached hydrogen (secondary N) is 1. The zero-order valence-corrected chi connectivity index (χ0v) is 13.2. The van der Waals surface area contributed by atoms with Crippen LogP contribution in [-0.2, 0) is 22.6 Å². The van der Waals surface area contributed by atoms with Gasteiger partial charge in [-0.3, -0.25) is 14.6 Å². The maximum absolute atomic E-state index is 12.1. The van der Waals surface area contributed by atoms with Gasteiger partial charge in [0.1, 0.15) is 5.82 Å². The van der Waals surface area contributed by atoms with E-state index in [1.807, 2.05) is 17.7 Å². The molecule has 0 radical (unpaired) electrons. The Morgan fingerprint density at radius 3 is 2.91 bits per heavy atom. The van der Waals surface area contributed by atoms with Crippen molar-refractivity contribution in [2.24, 2.45) is 0 Å². The number of imidazole rings is 1. The Labute approximate surface area is 134 Å². The smallest absolute Gasteiger partial charge is 0.230 e. The fourth-order valence-corrected chi connectivity index (χ4v) is 2.87. The minimum absolute atomic E-state index is 0.0441. The summed E-state index contributed by atoms with van der Waals surface area (Å²) < 4.78 is 2.02. The van der Waals surface area contributed by atoms with Gasteiger partial charge in [0.05, 0.1) is 30.0 Å². The molecular weight excluding hydrogens is 294 g/mol. The highest BCUT2D eigenvalue weighted by Gasteiger charge is 2.27. The molecule has 0 saturated carbocycles. The van der Waals surface area contributed by atoms with E-state index >= 15 is 0 Å². The first kappa shape index (κ1) is 15.2. The third kappa shape index (κ3) is 3.23. The molecule has 0 fully saturated rings. The minimum atomic E-state index is -0.135. The third-order valence-electron chi connectivity index (χ3n) is 3.97. The van der Waals surface area contributed by atoms with Crippen molar-refractivity contribution in [1.82, 2.24) is 19.4 Å². The molecule has 2 aromatic rings. The molecule has 120 valence electrons. The van der Waals surface area contributed by atoms with Crippen molar-refractivity contribution >= 4 is 17.5 Å². The average molecular weight is 313 g/mol. The van der Waals surface area contributed by atoms with Crippen LogP contribution >= 0.6 is 0 Å². The molecular formula is C16H19N5O2. The number of carbonyl (C=O) groups excluding carboxylic acids is 2. The first-order chi connectivity index (χ1) is 11.0. The molecule has 2 aromatic heterocycles. The molecule has 7 nitrogen and oxygen atoms in total. The van der Waals surface area contributed by atoms with Crippen molar-refractivity contribution in [3.8, 4) is 0 Å². The molecule has 0 aliphatic carbocycles. The number of hydrogen-bond donors (Lipinski definition) is 1. The molecule has 0 bridgehead atoms. The predicted octanol–water partition coefficient (Wildman–Crippen LogP) is 1.38.